The standard InChI is InChI=1S/C7H11N3O2/c8-6(7(11)12)3-5-4-9-1-2-10-5/h1,4,6,10H,2-3,8H2,(H,11,12). The minimum absolute atomic E-state index is 0.298. The van der Waals surface area contributed by atoms with Crippen molar-refractivity contribution in [2.24, 2.45) is 10.7 Å². The number of hydrogen-bond donors (Lipinski definition) is 3. The maximum Gasteiger partial charge on any atom is 0.320 e. The van der Waals surface area contributed by atoms with Crippen LogP contribution in [0.5, 0.6) is 0 Å². The fraction of sp³-hybridized carbons (Fsp3) is 0.429. The van der Waals surface area contributed by atoms with Crippen LogP contribution < -0.4 is 11.1 Å². The van der Waals surface area contributed by atoms with Gasteiger partial charge >= 0.3 is 5.97 Å². The first-order valence-corrected chi connectivity index (χ1v) is 3.63. The highest BCUT2D eigenvalue weighted by Gasteiger charge is 2.13. The summed E-state index contributed by atoms with van der Waals surface area (Å²) in [4.78, 5) is 14.2. The van der Waals surface area contributed by atoms with Crippen molar-refractivity contribution in [3.05, 3.63) is 11.9 Å². The van der Waals surface area contributed by atoms with Crippen molar-refractivity contribution in [3.63, 3.8) is 0 Å². The average Bonchev–Trinajstić information content (AvgIpc) is 2.06. The van der Waals surface area contributed by atoms with Gasteiger partial charge in [0.2, 0.25) is 0 Å². The second-order valence-electron chi connectivity index (χ2n) is 2.52. The molecule has 0 saturated carbocycles. The lowest BCUT2D eigenvalue weighted by molar-refractivity contribution is -0.138. The summed E-state index contributed by atoms with van der Waals surface area (Å²) in [7, 11) is 0. The van der Waals surface area contributed by atoms with Gasteiger partial charge in [-0.2, -0.15) is 0 Å². The van der Waals surface area contributed by atoms with Gasteiger partial charge in [-0.1, -0.05) is 0 Å². The second-order valence-corrected chi connectivity index (χ2v) is 2.52. The second kappa shape index (κ2) is 3.87. The molecule has 0 aromatic carbocycles. The van der Waals surface area contributed by atoms with Gasteiger partial charge in [0.25, 0.3) is 0 Å². The monoisotopic (exact) mass is 169 g/mol. The number of carboxylic acid groups (broad SMARTS) is 1. The van der Waals surface area contributed by atoms with Gasteiger partial charge in [-0.25, -0.2) is 0 Å². The van der Waals surface area contributed by atoms with Crippen LogP contribution in [0.25, 0.3) is 0 Å². The number of rotatable bonds is 3. The third-order valence-corrected chi connectivity index (χ3v) is 1.51. The summed E-state index contributed by atoms with van der Waals surface area (Å²) in [6, 6.07) is -0.850. The molecule has 0 bridgehead atoms. The van der Waals surface area contributed by atoms with Crippen LogP contribution in [0.1, 0.15) is 6.42 Å². The Kier molecular flexibility index (Phi) is 2.82. The lowest BCUT2D eigenvalue weighted by Crippen LogP contribution is -2.33. The van der Waals surface area contributed by atoms with E-state index in [-0.39, 0.29) is 0 Å². The van der Waals surface area contributed by atoms with E-state index < -0.39 is 12.0 Å². The molecular weight excluding hydrogens is 158 g/mol. The van der Waals surface area contributed by atoms with Gasteiger partial charge in [0, 0.05) is 24.5 Å². The van der Waals surface area contributed by atoms with E-state index in [4.69, 9.17) is 10.8 Å². The van der Waals surface area contributed by atoms with Crippen molar-refractivity contribution in [3.8, 4) is 0 Å². The first kappa shape index (κ1) is 8.73. The van der Waals surface area contributed by atoms with Gasteiger partial charge in [0.05, 0.1) is 6.54 Å². The summed E-state index contributed by atoms with van der Waals surface area (Å²) < 4.78 is 0. The Labute approximate surface area is 70.0 Å². The maximum atomic E-state index is 10.4. The van der Waals surface area contributed by atoms with Crippen molar-refractivity contribution in [1.82, 2.24) is 5.32 Å². The number of carboxylic acids is 1. The first-order valence-electron chi connectivity index (χ1n) is 3.63. The summed E-state index contributed by atoms with van der Waals surface area (Å²) >= 11 is 0. The molecule has 0 spiro atoms. The van der Waals surface area contributed by atoms with E-state index in [2.05, 4.69) is 10.3 Å². The summed E-state index contributed by atoms with van der Waals surface area (Å²) in [5, 5.41) is 11.5. The lowest BCUT2D eigenvalue weighted by Gasteiger charge is -2.13. The van der Waals surface area contributed by atoms with Crippen LogP contribution in [0.2, 0.25) is 0 Å². The number of nitrogens with one attached hydrogen (secondary N) is 1. The van der Waals surface area contributed by atoms with Gasteiger partial charge in [-0.15, -0.1) is 0 Å². The molecule has 0 saturated heterocycles. The molecule has 66 valence electrons. The third-order valence-electron chi connectivity index (χ3n) is 1.51. The number of aliphatic carboxylic acids is 1. The average molecular weight is 169 g/mol. The predicted molar refractivity (Wildman–Crippen MR) is 44.8 cm³/mol. The molecule has 1 atom stereocenters. The van der Waals surface area contributed by atoms with Crippen LogP contribution in [0, 0.1) is 0 Å². The topological polar surface area (TPSA) is 87.7 Å². The van der Waals surface area contributed by atoms with Gasteiger partial charge in [-0.3, -0.25) is 9.79 Å². The van der Waals surface area contributed by atoms with E-state index in [0.29, 0.717) is 13.0 Å². The zero-order valence-corrected chi connectivity index (χ0v) is 6.53. The molecule has 0 aromatic heterocycles. The number of hydrogen-bond acceptors (Lipinski definition) is 4. The Morgan fingerprint density at radius 1 is 1.92 bits per heavy atom. The van der Waals surface area contributed by atoms with Crippen molar-refractivity contribution in [2.75, 3.05) is 6.54 Å². The summed E-state index contributed by atoms with van der Waals surface area (Å²) in [6.07, 6.45) is 3.59. The number of carbonyl (C=O) groups is 1. The van der Waals surface area contributed by atoms with Crippen molar-refractivity contribution < 1.29 is 9.90 Å². The highest BCUT2D eigenvalue weighted by molar-refractivity contribution is 5.73. The van der Waals surface area contributed by atoms with Gasteiger partial charge in [0.1, 0.15) is 6.04 Å². The normalized spacial score (nSPS) is 17.9. The predicted octanol–water partition coefficient (Wildman–Crippen LogP) is -0.696. The zero-order valence-electron chi connectivity index (χ0n) is 6.53. The molecule has 5 heteroatoms. The van der Waals surface area contributed by atoms with Crippen molar-refractivity contribution >= 4 is 12.2 Å². The minimum atomic E-state index is -0.993. The SMILES string of the molecule is NC(CC1=CN=CCN1)C(=O)O. The van der Waals surface area contributed by atoms with Gasteiger partial charge < -0.3 is 16.2 Å². The van der Waals surface area contributed by atoms with E-state index in [1.165, 1.54) is 0 Å². The van der Waals surface area contributed by atoms with Crippen LogP contribution in [0.4, 0.5) is 0 Å². The Bertz CT molecular complexity index is 235. The molecule has 4 N–H and O–H groups in total. The summed E-state index contributed by atoms with van der Waals surface area (Å²) in [5.74, 6) is -0.993. The summed E-state index contributed by atoms with van der Waals surface area (Å²) in [6.45, 7) is 0.637. The Balaban J connectivity index is 2.45. The number of nitrogens with zero attached hydrogens (tertiary/aromatic N) is 1. The van der Waals surface area contributed by atoms with Crippen LogP contribution in [-0.4, -0.2) is 29.9 Å². The first-order chi connectivity index (χ1) is 5.70. The van der Waals surface area contributed by atoms with Gasteiger partial charge in [-0.05, 0) is 0 Å². The molecule has 1 aliphatic rings. The maximum absolute atomic E-state index is 10.4. The van der Waals surface area contributed by atoms with E-state index in [1.54, 1.807) is 12.4 Å². The Hall–Kier alpha value is -1.36. The van der Waals surface area contributed by atoms with E-state index in [9.17, 15) is 4.79 Å². The molecule has 1 aliphatic heterocycles. The molecule has 5 nitrogen and oxygen atoms in total. The van der Waals surface area contributed by atoms with Gasteiger partial charge in [0.15, 0.2) is 0 Å². The highest BCUT2D eigenvalue weighted by atomic mass is 16.4. The largest absolute Gasteiger partial charge is 0.480 e. The molecule has 12 heavy (non-hydrogen) atoms. The van der Waals surface area contributed by atoms with E-state index >= 15 is 0 Å². The Morgan fingerprint density at radius 2 is 2.67 bits per heavy atom. The van der Waals surface area contributed by atoms with E-state index in [0.717, 1.165) is 5.70 Å². The van der Waals surface area contributed by atoms with Crippen LogP contribution in [0.3, 0.4) is 0 Å². The highest BCUT2D eigenvalue weighted by Crippen LogP contribution is 2.02. The van der Waals surface area contributed by atoms with E-state index in [1.807, 2.05) is 0 Å². The fourth-order valence-electron chi connectivity index (χ4n) is 0.867. The molecule has 0 aliphatic carbocycles. The molecule has 1 unspecified atom stereocenters. The smallest absolute Gasteiger partial charge is 0.320 e. The third kappa shape index (κ3) is 2.35. The molecule has 0 radical (unpaired) electrons. The molecule has 1 rings (SSSR count). The van der Waals surface area contributed by atoms with Crippen molar-refractivity contribution in [2.45, 2.75) is 12.5 Å². The molecule has 0 amide bonds. The fourth-order valence-corrected chi connectivity index (χ4v) is 0.867. The quantitative estimate of drug-likeness (QED) is 0.521. The molecule has 0 fully saturated rings. The zero-order chi connectivity index (χ0) is 8.97. The summed E-state index contributed by atoms with van der Waals surface area (Å²) in [5.41, 5.74) is 6.09. The van der Waals surface area contributed by atoms with Crippen LogP contribution in [-0.2, 0) is 4.79 Å². The lowest BCUT2D eigenvalue weighted by atomic mass is 10.2. The van der Waals surface area contributed by atoms with Crippen molar-refractivity contribution in [1.29, 1.82) is 0 Å². The minimum Gasteiger partial charge on any atom is -0.480 e. The number of nitrogens with two attached hydrogens (primary N) is 1. The molecule has 0 aromatic rings. The number of aliphatic imine (C=N–C) groups is 1. The van der Waals surface area contributed by atoms with Crippen LogP contribution >= 0.6 is 0 Å². The molecule has 1 heterocycles. The Morgan fingerprint density at radius 3 is 3.17 bits per heavy atom. The molecular formula is C7H11N3O2. The van der Waals surface area contributed by atoms with Crippen LogP contribution in [0.15, 0.2) is 16.9 Å².